The number of alkyl halides is 1. The Hall–Kier alpha value is -0.0600. The zero-order chi connectivity index (χ0) is 14.3. The van der Waals surface area contributed by atoms with Crippen LogP contribution in [-0.4, -0.2) is 22.2 Å². The molecule has 110 valence electrons. The van der Waals surface area contributed by atoms with Crippen LogP contribution < -0.4 is 5.32 Å². The van der Waals surface area contributed by atoms with Crippen LogP contribution in [0.1, 0.15) is 45.0 Å². The molecule has 0 radical (unpaired) electrons. The topological polar surface area (TPSA) is 29.9 Å². The molecule has 1 N–H and O–H groups in total. The van der Waals surface area contributed by atoms with Gasteiger partial charge in [-0.05, 0) is 48.2 Å². The lowest BCUT2D eigenvalue weighted by molar-refractivity contribution is 0.444. The number of rotatable bonds is 9. The molecule has 0 bridgehead atoms. The van der Waals surface area contributed by atoms with E-state index >= 15 is 0 Å². The second kappa shape index (κ2) is 8.98. The molecule has 3 nitrogen and oxygen atoms in total. The van der Waals surface area contributed by atoms with Gasteiger partial charge in [0.25, 0.3) is 0 Å². The molecule has 1 aromatic rings. The zero-order valence-electron chi connectivity index (χ0n) is 12.2. The summed E-state index contributed by atoms with van der Waals surface area (Å²) in [5.74, 6) is 1.41. The third-order valence-electron chi connectivity index (χ3n) is 3.51. The van der Waals surface area contributed by atoms with Crippen molar-refractivity contribution in [2.24, 2.45) is 5.92 Å². The summed E-state index contributed by atoms with van der Waals surface area (Å²) in [5.41, 5.74) is 2.39. The molecule has 0 aromatic carbocycles. The summed E-state index contributed by atoms with van der Waals surface area (Å²) >= 11 is 9.49. The standard InChI is InChI=1S/C14H25BrClN3/c1-4-11(7-8-16)9-17-10-13-14(15)12(5-2)18-19(13)6-3/h11,17H,4-10H2,1-3H3. The zero-order valence-corrected chi connectivity index (χ0v) is 14.5. The summed E-state index contributed by atoms with van der Waals surface area (Å²) in [4.78, 5) is 0. The molecule has 0 spiro atoms. The average Bonchev–Trinajstić information content (AvgIpc) is 2.74. The molecule has 19 heavy (non-hydrogen) atoms. The molecule has 0 amide bonds. The molecular weight excluding hydrogens is 326 g/mol. The maximum absolute atomic E-state index is 5.82. The maximum Gasteiger partial charge on any atom is 0.0767 e. The van der Waals surface area contributed by atoms with Gasteiger partial charge in [0.05, 0.1) is 15.9 Å². The Labute approximate surface area is 130 Å². The molecule has 0 fully saturated rings. The van der Waals surface area contributed by atoms with Gasteiger partial charge in [-0.25, -0.2) is 0 Å². The normalized spacial score (nSPS) is 12.9. The van der Waals surface area contributed by atoms with Crippen LogP contribution in [0.4, 0.5) is 0 Å². The molecule has 5 heteroatoms. The number of hydrogen-bond acceptors (Lipinski definition) is 2. The van der Waals surface area contributed by atoms with Crippen LogP contribution in [0.2, 0.25) is 0 Å². The molecule has 1 rings (SSSR count). The highest BCUT2D eigenvalue weighted by atomic mass is 79.9. The fraction of sp³-hybridized carbons (Fsp3) is 0.786. The first-order valence-corrected chi connectivity index (χ1v) is 8.51. The summed E-state index contributed by atoms with van der Waals surface area (Å²) in [7, 11) is 0. The Kier molecular flexibility index (Phi) is 8.03. The van der Waals surface area contributed by atoms with Crippen LogP contribution in [0.25, 0.3) is 0 Å². The van der Waals surface area contributed by atoms with Gasteiger partial charge in [-0.1, -0.05) is 20.3 Å². The molecule has 0 aliphatic heterocycles. The van der Waals surface area contributed by atoms with Crippen molar-refractivity contribution in [2.45, 2.75) is 53.1 Å². The molecule has 1 heterocycles. The fourth-order valence-electron chi connectivity index (χ4n) is 2.19. The van der Waals surface area contributed by atoms with Crippen LogP contribution in [-0.2, 0) is 19.5 Å². The average molecular weight is 351 g/mol. The van der Waals surface area contributed by atoms with Crippen molar-refractivity contribution in [1.29, 1.82) is 0 Å². The van der Waals surface area contributed by atoms with Crippen molar-refractivity contribution in [3.63, 3.8) is 0 Å². The monoisotopic (exact) mass is 349 g/mol. The Morgan fingerprint density at radius 1 is 1.37 bits per heavy atom. The molecule has 0 saturated carbocycles. The number of hydrogen-bond donors (Lipinski definition) is 1. The summed E-state index contributed by atoms with van der Waals surface area (Å²) in [6.07, 6.45) is 3.22. The van der Waals surface area contributed by atoms with E-state index in [1.165, 1.54) is 12.1 Å². The van der Waals surface area contributed by atoms with Crippen molar-refractivity contribution in [1.82, 2.24) is 15.1 Å². The van der Waals surface area contributed by atoms with E-state index in [-0.39, 0.29) is 0 Å². The Bertz CT molecular complexity index is 379. The molecular formula is C14H25BrClN3. The first-order valence-electron chi connectivity index (χ1n) is 7.18. The maximum atomic E-state index is 5.82. The van der Waals surface area contributed by atoms with E-state index in [9.17, 15) is 0 Å². The van der Waals surface area contributed by atoms with Gasteiger partial charge in [-0.3, -0.25) is 4.68 Å². The van der Waals surface area contributed by atoms with Crippen molar-refractivity contribution in [3.05, 3.63) is 15.9 Å². The summed E-state index contributed by atoms with van der Waals surface area (Å²) in [6.45, 7) is 9.28. The molecule has 0 aliphatic rings. The Morgan fingerprint density at radius 3 is 2.63 bits per heavy atom. The number of aryl methyl sites for hydroxylation is 2. The van der Waals surface area contributed by atoms with E-state index in [0.717, 1.165) is 48.5 Å². The lowest BCUT2D eigenvalue weighted by Crippen LogP contribution is -2.24. The minimum atomic E-state index is 0.667. The highest BCUT2D eigenvalue weighted by Crippen LogP contribution is 2.22. The fourth-order valence-corrected chi connectivity index (χ4v) is 3.20. The molecule has 1 unspecified atom stereocenters. The molecule has 0 saturated heterocycles. The molecule has 1 aromatic heterocycles. The van der Waals surface area contributed by atoms with Gasteiger partial charge in [-0.15, -0.1) is 11.6 Å². The van der Waals surface area contributed by atoms with E-state index in [0.29, 0.717) is 5.92 Å². The minimum absolute atomic E-state index is 0.667. The largest absolute Gasteiger partial charge is 0.311 e. The van der Waals surface area contributed by atoms with Gasteiger partial charge >= 0.3 is 0 Å². The van der Waals surface area contributed by atoms with Crippen LogP contribution in [0.3, 0.4) is 0 Å². The van der Waals surface area contributed by atoms with Crippen molar-refractivity contribution >= 4 is 27.5 Å². The Morgan fingerprint density at radius 2 is 2.11 bits per heavy atom. The van der Waals surface area contributed by atoms with Crippen molar-refractivity contribution in [2.75, 3.05) is 12.4 Å². The molecule has 0 aliphatic carbocycles. The number of aromatic nitrogens is 2. The second-order valence-electron chi connectivity index (χ2n) is 4.76. The van der Waals surface area contributed by atoms with E-state index in [4.69, 9.17) is 11.6 Å². The van der Waals surface area contributed by atoms with Crippen LogP contribution in [0.5, 0.6) is 0 Å². The number of nitrogens with zero attached hydrogens (tertiary/aromatic N) is 2. The lowest BCUT2D eigenvalue weighted by atomic mass is 10.0. The van der Waals surface area contributed by atoms with Gasteiger partial charge in [0.1, 0.15) is 0 Å². The quantitative estimate of drug-likeness (QED) is 0.683. The van der Waals surface area contributed by atoms with Crippen molar-refractivity contribution < 1.29 is 0 Å². The van der Waals surface area contributed by atoms with E-state index in [2.05, 4.69) is 51.8 Å². The van der Waals surface area contributed by atoms with E-state index in [1.54, 1.807) is 0 Å². The molecule has 1 atom stereocenters. The second-order valence-corrected chi connectivity index (χ2v) is 5.93. The van der Waals surface area contributed by atoms with E-state index < -0.39 is 0 Å². The minimum Gasteiger partial charge on any atom is -0.311 e. The van der Waals surface area contributed by atoms with E-state index in [1.807, 2.05) is 0 Å². The third kappa shape index (κ3) is 4.76. The van der Waals surface area contributed by atoms with Gasteiger partial charge in [0, 0.05) is 19.0 Å². The summed E-state index contributed by atoms with van der Waals surface area (Å²) in [5, 5.41) is 8.15. The van der Waals surface area contributed by atoms with Gasteiger partial charge < -0.3 is 5.32 Å². The van der Waals surface area contributed by atoms with Gasteiger partial charge in [0.15, 0.2) is 0 Å². The van der Waals surface area contributed by atoms with Crippen LogP contribution in [0, 0.1) is 5.92 Å². The smallest absolute Gasteiger partial charge is 0.0767 e. The highest BCUT2D eigenvalue weighted by molar-refractivity contribution is 9.10. The SMILES string of the molecule is CCc1nn(CC)c(CNCC(CC)CCCl)c1Br. The number of halogens is 2. The van der Waals surface area contributed by atoms with Crippen molar-refractivity contribution in [3.8, 4) is 0 Å². The first kappa shape index (κ1) is 17.0. The van der Waals surface area contributed by atoms with Gasteiger partial charge in [-0.2, -0.15) is 5.10 Å². The third-order valence-corrected chi connectivity index (χ3v) is 4.65. The first-order chi connectivity index (χ1) is 9.17. The van der Waals surface area contributed by atoms with Crippen LogP contribution >= 0.6 is 27.5 Å². The lowest BCUT2D eigenvalue weighted by Gasteiger charge is -2.14. The van der Waals surface area contributed by atoms with Crippen LogP contribution in [0.15, 0.2) is 4.47 Å². The Balaban J connectivity index is 2.59. The summed E-state index contributed by atoms with van der Waals surface area (Å²) in [6, 6.07) is 0. The van der Waals surface area contributed by atoms with Gasteiger partial charge in [0.2, 0.25) is 0 Å². The number of nitrogens with one attached hydrogen (secondary N) is 1. The highest BCUT2D eigenvalue weighted by Gasteiger charge is 2.14. The predicted molar refractivity (Wildman–Crippen MR) is 85.8 cm³/mol. The predicted octanol–water partition coefficient (Wildman–Crippen LogP) is 3.97. The summed E-state index contributed by atoms with van der Waals surface area (Å²) < 4.78 is 3.24.